The molecule has 5 unspecified atom stereocenters. The van der Waals surface area contributed by atoms with E-state index in [2.05, 4.69) is 4.98 Å². The highest BCUT2D eigenvalue weighted by molar-refractivity contribution is 6.09. The van der Waals surface area contributed by atoms with E-state index in [-0.39, 0.29) is 35.3 Å². The number of Topliss-reactive ketones (excluding diaryl/α,β-unsaturated/α-hetero) is 2. The SMILES string of the molecule is COc1cc(OC2OC(CO)C(O)C(O)C2O)c2c(O)c(C(=O)CCC(=O)c3cc[nH]c3)c(C)cc2c1. The van der Waals surface area contributed by atoms with Crippen molar-refractivity contribution in [1.29, 1.82) is 0 Å². The number of H-pyrrole nitrogens is 1. The van der Waals surface area contributed by atoms with Gasteiger partial charge in [-0.05, 0) is 30.0 Å². The summed E-state index contributed by atoms with van der Waals surface area (Å²) >= 11 is 0. The maximum Gasteiger partial charge on any atom is 0.229 e. The zero-order valence-electron chi connectivity index (χ0n) is 20.2. The Bertz CT molecular complexity index is 1290. The molecule has 1 aliphatic heterocycles. The first-order chi connectivity index (χ1) is 17.7. The second-order valence-corrected chi connectivity index (χ2v) is 8.90. The molecule has 1 fully saturated rings. The number of phenolic OH excluding ortho intramolecular Hbond substituents is 1. The van der Waals surface area contributed by atoms with Crippen LogP contribution >= 0.6 is 0 Å². The van der Waals surface area contributed by atoms with Crippen molar-refractivity contribution in [2.45, 2.75) is 50.5 Å². The van der Waals surface area contributed by atoms with Crippen molar-refractivity contribution in [3.63, 3.8) is 0 Å². The number of phenols is 1. The molecule has 4 rings (SSSR count). The summed E-state index contributed by atoms with van der Waals surface area (Å²) in [6.07, 6.45) is -4.69. The van der Waals surface area contributed by atoms with Crippen LogP contribution < -0.4 is 9.47 Å². The molecule has 0 aliphatic carbocycles. The first-order valence-electron chi connectivity index (χ1n) is 11.7. The number of benzene rings is 2. The minimum Gasteiger partial charge on any atom is -0.506 e. The van der Waals surface area contributed by atoms with Gasteiger partial charge >= 0.3 is 0 Å². The number of aliphatic hydroxyl groups excluding tert-OH is 4. The summed E-state index contributed by atoms with van der Waals surface area (Å²) < 4.78 is 16.6. The topological polar surface area (TPSA) is 179 Å². The number of aromatic hydroxyl groups is 1. The number of ketones is 2. The van der Waals surface area contributed by atoms with Crippen LogP contribution in [0.2, 0.25) is 0 Å². The molecule has 1 saturated heterocycles. The molecular formula is C26H29NO10. The van der Waals surface area contributed by atoms with E-state index in [1.807, 2.05) is 0 Å². The van der Waals surface area contributed by atoms with Crippen molar-refractivity contribution in [2.24, 2.45) is 0 Å². The van der Waals surface area contributed by atoms with Gasteiger partial charge in [-0.2, -0.15) is 0 Å². The third kappa shape index (κ3) is 5.17. The molecule has 0 saturated carbocycles. The van der Waals surface area contributed by atoms with Gasteiger partial charge in [0.2, 0.25) is 6.29 Å². The molecule has 2 heterocycles. The number of aryl methyl sites for hydroxylation is 1. The Hall–Kier alpha value is -3.48. The zero-order chi connectivity index (χ0) is 26.9. The molecule has 11 nitrogen and oxygen atoms in total. The second-order valence-electron chi connectivity index (χ2n) is 8.90. The van der Waals surface area contributed by atoms with Crippen LogP contribution in [0.15, 0.2) is 36.7 Å². The Morgan fingerprint density at radius 1 is 1.05 bits per heavy atom. The van der Waals surface area contributed by atoms with E-state index < -0.39 is 48.8 Å². The first-order valence-corrected chi connectivity index (χ1v) is 11.7. The van der Waals surface area contributed by atoms with Crippen LogP contribution in [0.1, 0.15) is 39.1 Å². The monoisotopic (exact) mass is 515 g/mol. The van der Waals surface area contributed by atoms with Gasteiger partial charge in [-0.15, -0.1) is 0 Å². The quantitative estimate of drug-likeness (QED) is 0.227. The van der Waals surface area contributed by atoms with Crippen molar-refractivity contribution in [1.82, 2.24) is 4.98 Å². The fourth-order valence-electron chi connectivity index (χ4n) is 4.44. The van der Waals surface area contributed by atoms with Gasteiger partial charge in [0.25, 0.3) is 0 Å². The Kier molecular flexibility index (Phi) is 7.81. The van der Waals surface area contributed by atoms with Gasteiger partial charge in [-0.3, -0.25) is 9.59 Å². The van der Waals surface area contributed by atoms with Gasteiger partial charge in [0, 0.05) is 36.9 Å². The number of aliphatic hydroxyl groups is 4. The fourth-order valence-corrected chi connectivity index (χ4v) is 4.44. The van der Waals surface area contributed by atoms with Gasteiger partial charge in [-0.1, -0.05) is 6.07 Å². The number of methoxy groups -OCH3 is 1. The van der Waals surface area contributed by atoms with Crippen LogP contribution in [0, 0.1) is 6.92 Å². The summed E-state index contributed by atoms with van der Waals surface area (Å²) in [5.74, 6) is -0.758. The number of hydrogen-bond acceptors (Lipinski definition) is 10. The number of rotatable bonds is 9. The lowest BCUT2D eigenvalue weighted by atomic mass is 9.94. The molecule has 5 atom stereocenters. The molecule has 3 aromatic rings. The van der Waals surface area contributed by atoms with Crippen LogP contribution in [0.25, 0.3) is 10.8 Å². The fraction of sp³-hybridized carbons (Fsp3) is 0.385. The van der Waals surface area contributed by atoms with Gasteiger partial charge in [0.05, 0.1) is 24.7 Å². The van der Waals surface area contributed by atoms with Crippen LogP contribution in [0.4, 0.5) is 0 Å². The number of aromatic amines is 1. The van der Waals surface area contributed by atoms with Crippen LogP contribution in [0.3, 0.4) is 0 Å². The maximum atomic E-state index is 13.1. The minimum atomic E-state index is -1.69. The number of ether oxygens (including phenoxy) is 3. The molecule has 1 aliphatic rings. The zero-order valence-corrected chi connectivity index (χ0v) is 20.2. The smallest absolute Gasteiger partial charge is 0.229 e. The summed E-state index contributed by atoms with van der Waals surface area (Å²) in [6.45, 7) is 1.01. The highest BCUT2D eigenvalue weighted by Gasteiger charge is 2.45. The Morgan fingerprint density at radius 2 is 1.78 bits per heavy atom. The molecule has 198 valence electrons. The lowest BCUT2D eigenvalue weighted by Crippen LogP contribution is -2.60. The standard InChI is InChI=1S/C26H29NO10/c1-12-7-14-8-15(35-2)9-18(36-26-25(34)24(33)22(31)19(11-28)37-26)21(14)23(32)20(12)17(30)4-3-16(29)13-5-6-27-10-13/h5-10,19,22,24-28,31-34H,3-4,11H2,1-2H3. The highest BCUT2D eigenvalue weighted by Crippen LogP contribution is 2.42. The molecule has 1 aromatic heterocycles. The summed E-state index contributed by atoms with van der Waals surface area (Å²) in [4.78, 5) is 28.2. The first kappa shape index (κ1) is 26.6. The maximum absolute atomic E-state index is 13.1. The van der Waals surface area contributed by atoms with Crippen molar-refractivity contribution in [2.75, 3.05) is 13.7 Å². The third-order valence-electron chi connectivity index (χ3n) is 6.45. The number of fused-ring (bicyclic) bond motifs is 1. The summed E-state index contributed by atoms with van der Waals surface area (Å²) in [5.41, 5.74) is 0.934. The van der Waals surface area contributed by atoms with Crippen molar-refractivity contribution in [3.8, 4) is 17.2 Å². The van der Waals surface area contributed by atoms with E-state index in [9.17, 15) is 35.1 Å². The lowest BCUT2D eigenvalue weighted by molar-refractivity contribution is -0.277. The van der Waals surface area contributed by atoms with Crippen LogP contribution in [-0.2, 0) is 4.74 Å². The Balaban J connectivity index is 1.70. The van der Waals surface area contributed by atoms with E-state index >= 15 is 0 Å². The number of aromatic nitrogens is 1. The van der Waals surface area contributed by atoms with E-state index in [1.54, 1.807) is 37.5 Å². The molecule has 0 amide bonds. The normalized spacial score (nSPS) is 23.7. The van der Waals surface area contributed by atoms with Crippen molar-refractivity contribution < 1.29 is 49.3 Å². The molecule has 37 heavy (non-hydrogen) atoms. The average molecular weight is 516 g/mol. The van der Waals surface area contributed by atoms with E-state index in [1.165, 1.54) is 13.2 Å². The Morgan fingerprint density at radius 3 is 2.43 bits per heavy atom. The van der Waals surface area contributed by atoms with Gasteiger partial charge in [-0.25, -0.2) is 0 Å². The predicted molar refractivity (Wildman–Crippen MR) is 130 cm³/mol. The second kappa shape index (κ2) is 10.9. The molecule has 2 aromatic carbocycles. The molecule has 0 spiro atoms. The van der Waals surface area contributed by atoms with Gasteiger partial charge in [0.15, 0.2) is 11.6 Å². The number of carbonyl (C=O) groups is 2. The average Bonchev–Trinajstić information content (AvgIpc) is 3.42. The van der Waals surface area contributed by atoms with Crippen molar-refractivity contribution in [3.05, 3.63) is 53.3 Å². The lowest BCUT2D eigenvalue weighted by Gasteiger charge is -2.39. The highest BCUT2D eigenvalue weighted by atomic mass is 16.7. The van der Waals surface area contributed by atoms with Crippen LogP contribution in [0.5, 0.6) is 17.2 Å². The van der Waals surface area contributed by atoms with Gasteiger partial charge in [0.1, 0.15) is 41.7 Å². The number of nitrogens with one attached hydrogen (secondary N) is 1. The van der Waals surface area contributed by atoms with E-state index in [0.717, 1.165) is 0 Å². The summed E-state index contributed by atoms with van der Waals surface area (Å²) in [5, 5.41) is 51.8. The summed E-state index contributed by atoms with van der Waals surface area (Å²) in [7, 11) is 1.42. The number of carbonyl (C=O) groups excluding carboxylic acids is 2. The van der Waals surface area contributed by atoms with E-state index in [4.69, 9.17) is 14.2 Å². The van der Waals surface area contributed by atoms with Gasteiger partial charge < -0.3 is 44.7 Å². The molecule has 11 heteroatoms. The molecule has 0 bridgehead atoms. The molecule has 0 radical (unpaired) electrons. The minimum absolute atomic E-state index is 0.0122. The molecular weight excluding hydrogens is 486 g/mol. The largest absolute Gasteiger partial charge is 0.506 e. The van der Waals surface area contributed by atoms with Crippen molar-refractivity contribution >= 4 is 22.3 Å². The molecule has 6 N–H and O–H groups in total. The Labute approximate surface area is 211 Å². The third-order valence-corrected chi connectivity index (χ3v) is 6.45. The van der Waals surface area contributed by atoms with E-state index in [0.29, 0.717) is 22.3 Å². The predicted octanol–water partition coefficient (Wildman–Crippen LogP) is 1.22. The summed E-state index contributed by atoms with van der Waals surface area (Å²) in [6, 6.07) is 6.29. The number of hydrogen-bond donors (Lipinski definition) is 6. The van der Waals surface area contributed by atoms with Crippen LogP contribution in [-0.4, -0.2) is 86.5 Å².